The summed E-state index contributed by atoms with van der Waals surface area (Å²) in [5.41, 5.74) is 2.33. The lowest BCUT2D eigenvalue weighted by Crippen LogP contribution is -2.01. The zero-order valence-corrected chi connectivity index (χ0v) is 14.8. The Labute approximate surface area is 155 Å². The van der Waals surface area contributed by atoms with E-state index in [2.05, 4.69) is 0 Å². The van der Waals surface area contributed by atoms with E-state index < -0.39 is 18.2 Å². The first-order valence-electron chi connectivity index (χ1n) is 8.53. The molecule has 0 aliphatic rings. The average molecular weight is 372 g/mol. The summed E-state index contributed by atoms with van der Waals surface area (Å²) in [5, 5.41) is 8.97. The van der Waals surface area contributed by atoms with E-state index in [4.69, 9.17) is 9.84 Å². The molecule has 0 saturated heterocycles. The molecule has 3 rings (SSSR count). The van der Waals surface area contributed by atoms with Gasteiger partial charge >= 0.3 is 0 Å². The Balaban J connectivity index is 1.72. The van der Waals surface area contributed by atoms with Crippen molar-refractivity contribution in [3.05, 3.63) is 88.7 Å². The molecule has 5 heteroatoms. The quantitative estimate of drug-likeness (QED) is 0.656. The molecule has 0 spiro atoms. The lowest BCUT2D eigenvalue weighted by atomic mass is 9.99. The summed E-state index contributed by atoms with van der Waals surface area (Å²) < 4.78 is 46.9. The Morgan fingerprint density at radius 1 is 0.815 bits per heavy atom. The lowest BCUT2D eigenvalue weighted by molar-refractivity contribution is 0.273. The van der Waals surface area contributed by atoms with E-state index in [1.165, 1.54) is 25.3 Å². The molecule has 140 valence electrons. The van der Waals surface area contributed by atoms with E-state index in [-0.39, 0.29) is 16.9 Å². The molecule has 3 aromatic carbocycles. The fourth-order valence-corrected chi connectivity index (χ4v) is 2.93. The van der Waals surface area contributed by atoms with Crippen LogP contribution in [0.25, 0.3) is 11.1 Å². The summed E-state index contributed by atoms with van der Waals surface area (Å²) in [4.78, 5) is 0. The second-order valence-corrected chi connectivity index (χ2v) is 6.21. The van der Waals surface area contributed by atoms with Gasteiger partial charge < -0.3 is 9.84 Å². The Morgan fingerprint density at radius 3 is 2.11 bits per heavy atom. The lowest BCUT2D eigenvalue weighted by Gasteiger charge is -2.09. The minimum absolute atomic E-state index is 0.0536. The smallest absolute Gasteiger partial charge is 0.164 e. The number of methoxy groups -OCH3 is 1. The third kappa shape index (κ3) is 4.14. The van der Waals surface area contributed by atoms with E-state index >= 15 is 0 Å². The fraction of sp³-hybridized carbons (Fsp3) is 0.182. The zero-order valence-electron chi connectivity index (χ0n) is 14.8. The highest BCUT2D eigenvalue weighted by Gasteiger charge is 2.13. The van der Waals surface area contributed by atoms with Gasteiger partial charge in [-0.25, -0.2) is 13.2 Å². The highest BCUT2D eigenvalue weighted by Crippen LogP contribution is 2.27. The molecule has 0 atom stereocenters. The number of benzene rings is 3. The average Bonchev–Trinajstić information content (AvgIpc) is 2.69. The Kier molecular flexibility index (Phi) is 5.81. The maximum Gasteiger partial charge on any atom is 0.164 e. The number of rotatable bonds is 6. The van der Waals surface area contributed by atoms with Crippen molar-refractivity contribution in [2.24, 2.45) is 0 Å². The van der Waals surface area contributed by atoms with Crippen molar-refractivity contribution in [2.75, 3.05) is 7.11 Å². The molecule has 0 heterocycles. The summed E-state index contributed by atoms with van der Waals surface area (Å²) >= 11 is 0. The van der Waals surface area contributed by atoms with Gasteiger partial charge in [0.15, 0.2) is 11.6 Å². The maximum atomic E-state index is 14.2. The molecule has 1 N–H and O–H groups in total. The molecule has 0 radical (unpaired) electrons. The molecule has 2 nitrogen and oxygen atoms in total. The van der Waals surface area contributed by atoms with Crippen molar-refractivity contribution in [2.45, 2.75) is 19.4 Å². The van der Waals surface area contributed by atoms with Gasteiger partial charge in [-0.3, -0.25) is 0 Å². The molecule has 0 fully saturated rings. The van der Waals surface area contributed by atoms with Crippen LogP contribution in [0.3, 0.4) is 0 Å². The van der Waals surface area contributed by atoms with Gasteiger partial charge in [0.1, 0.15) is 11.6 Å². The number of hydrogen-bond acceptors (Lipinski definition) is 2. The summed E-state index contributed by atoms with van der Waals surface area (Å²) in [5.74, 6) is -1.84. The van der Waals surface area contributed by atoms with E-state index in [0.717, 1.165) is 11.1 Å². The Morgan fingerprint density at radius 2 is 1.48 bits per heavy atom. The van der Waals surface area contributed by atoms with Gasteiger partial charge in [-0.15, -0.1) is 0 Å². The molecule has 0 aliphatic carbocycles. The van der Waals surface area contributed by atoms with Crippen molar-refractivity contribution >= 4 is 0 Å². The van der Waals surface area contributed by atoms with Crippen molar-refractivity contribution < 1.29 is 23.0 Å². The molecule has 0 aromatic heterocycles. The monoisotopic (exact) mass is 372 g/mol. The van der Waals surface area contributed by atoms with Crippen LogP contribution in [-0.4, -0.2) is 12.2 Å². The van der Waals surface area contributed by atoms with Crippen LogP contribution in [0.2, 0.25) is 0 Å². The minimum atomic E-state index is -1.000. The second-order valence-electron chi connectivity index (χ2n) is 6.21. The predicted molar refractivity (Wildman–Crippen MR) is 98.1 cm³/mol. The highest BCUT2D eigenvalue weighted by atomic mass is 19.2. The SMILES string of the molecule is COc1ccc(-c2ccc(CCc3ccc(CO)c(F)c3F)cc2)c(F)c1. The first-order valence-corrected chi connectivity index (χ1v) is 8.53. The molecule has 27 heavy (non-hydrogen) atoms. The Hall–Kier alpha value is -2.79. The number of aryl methyl sites for hydroxylation is 2. The first kappa shape index (κ1) is 19.0. The second kappa shape index (κ2) is 8.27. The molecule has 0 bridgehead atoms. The third-order valence-corrected chi connectivity index (χ3v) is 4.54. The largest absolute Gasteiger partial charge is 0.497 e. The van der Waals surface area contributed by atoms with E-state index in [9.17, 15) is 13.2 Å². The minimum Gasteiger partial charge on any atom is -0.497 e. The van der Waals surface area contributed by atoms with Crippen LogP contribution >= 0.6 is 0 Å². The first-order chi connectivity index (χ1) is 13.0. The van der Waals surface area contributed by atoms with Crippen molar-refractivity contribution in [1.82, 2.24) is 0 Å². The molecular weight excluding hydrogens is 353 g/mol. The van der Waals surface area contributed by atoms with Gasteiger partial charge in [0.2, 0.25) is 0 Å². The molecule has 0 amide bonds. The summed E-state index contributed by atoms with van der Waals surface area (Å²) in [6, 6.07) is 14.8. The number of aliphatic hydroxyl groups is 1. The highest BCUT2D eigenvalue weighted by molar-refractivity contribution is 5.65. The molecular formula is C22H19F3O2. The van der Waals surface area contributed by atoms with Crippen LogP contribution in [0.4, 0.5) is 13.2 Å². The number of hydrogen-bond donors (Lipinski definition) is 1. The van der Waals surface area contributed by atoms with Gasteiger partial charge in [-0.2, -0.15) is 0 Å². The summed E-state index contributed by atoms with van der Waals surface area (Å²) in [7, 11) is 1.48. The van der Waals surface area contributed by atoms with Gasteiger partial charge in [-0.05, 0) is 41.7 Å². The van der Waals surface area contributed by atoms with Gasteiger partial charge in [0.05, 0.1) is 13.7 Å². The predicted octanol–water partition coefficient (Wildman–Crippen LogP) is 5.06. The van der Waals surface area contributed by atoms with E-state index in [0.29, 0.717) is 24.2 Å². The zero-order chi connectivity index (χ0) is 19.4. The van der Waals surface area contributed by atoms with Gasteiger partial charge in [0.25, 0.3) is 0 Å². The molecule has 3 aromatic rings. The molecule has 0 aliphatic heterocycles. The van der Waals surface area contributed by atoms with E-state index in [1.807, 2.05) is 12.1 Å². The Bertz CT molecular complexity index is 937. The van der Waals surface area contributed by atoms with Crippen LogP contribution in [0, 0.1) is 17.5 Å². The van der Waals surface area contributed by atoms with Gasteiger partial charge in [0, 0.05) is 17.2 Å². The van der Waals surface area contributed by atoms with Crippen LogP contribution in [0.15, 0.2) is 54.6 Å². The fourth-order valence-electron chi connectivity index (χ4n) is 2.93. The maximum absolute atomic E-state index is 14.2. The van der Waals surface area contributed by atoms with Crippen LogP contribution in [0.5, 0.6) is 5.75 Å². The standard InChI is InChI=1S/C22H19F3O2/c1-27-18-10-11-19(20(23)12-18)15-5-2-14(3-6-15)4-7-16-8-9-17(13-26)22(25)21(16)24/h2-3,5-6,8-12,26H,4,7,13H2,1H3. The summed E-state index contributed by atoms with van der Waals surface area (Å²) in [6.07, 6.45) is 0.838. The van der Waals surface area contributed by atoms with Crippen LogP contribution in [0.1, 0.15) is 16.7 Å². The number of ether oxygens (including phenoxy) is 1. The summed E-state index contributed by atoms with van der Waals surface area (Å²) in [6.45, 7) is -0.535. The normalized spacial score (nSPS) is 10.9. The number of aliphatic hydroxyl groups excluding tert-OH is 1. The molecule has 0 unspecified atom stereocenters. The van der Waals surface area contributed by atoms with Crippen LogP contribution < -0.4 is 4.74 Å². The van der Waals surface area contributed by atoms with Crippen LogP contribution in [-0.2, 0) is 19.4 Å². The van der Waals surface area contributed by atoms with Gasteiger partial charge in [-0.1, -0.05) is 36.4 Å². The van der Waals surface area contributed by atoms with Crippen molar-refractivity contribution in [1.29, 1.82) is 0 Å². The van der Waals surface area contributed by atoms with Crippen molar-refractivity contribution in [3.8, 4) is 16.9 Å². The topological polar surface area (TPSA) is 29.5 Å². The number of halogens is 3. The molecule has 0 saturated carbocycles. The van der Waals surface area contributed by atoms with Crippen molar-refractivity contribution in [3.63, 3.8) is 0 Å². The third-order valence-electron chi connectivity index (χ3n) is 4.54. The van der Waals surface area contributed by atoms with E-state index in [1.54, 1.807) is 24.3 Å².